The van der Waals surface area contributed by atoms with Gasteiger partial charge in [-0.2, -0.15) is 0 Å². The van der Waals surface area contributed by atoms with Gasteiger partial charge in [0.2, 0.25) is 5.91 Å². The van der Waals surface area contributed by atoms with Crippen molar-refractivity contribution in [3.05, 3.63) is 0 Å². The number of carbonyl (C=O) groups is 2. The second kappa shape index (κ2) is 27.4. The monoisotopic (exact) mass is 629 g/mol. The lowest BCUT2D eigenvalue weighted by atomic mass is 10.0. The van der Waals surface area contributed by atoms with E-state index in [1.807, 2.05) is 0 Å². The minimum atomic E-state index is -0.00791. The van der Waals surface area contributed by atoms with Gasteiger partial charge in [0.05, 0.1) is 20.6 Å². The van der Waals surface area contributed by atoms with E-state index in [-0.39, 0.29) is 28.9 Å². The minimum absolute atomic E-state index is 0. The molecule has 0 aromatic rings. The van der Waals surface area contributed by atoms with Gasteiger partial charge < -0.3 is 32.1 Å². The van der Waals surface area contributed by atoms with Crippen molar-refractivity contribution in [2.45, 2.75) is 167 Å². The zero-order chi connectivity index (χ0) is 28.4. The molecule has 2 N–H and O–H groups in total. The van der Waals surface area contributed by atoms with Crippen molar-refractivity contribution in [2.24, 2.45) is 0 Å². The van der Waals surface area contributed by atoms with Crippen LogP contribution in [-0.2, 0) is 9.59 Å². The summed E-state index contributed by atoms with van der Waals surface area (Å²) in [5.74, 6) is 0.569. The van der Waals surface area contributed by atoms with Gasteiger partial charge in [-0.25, -0.2) is 0 Å². The highest BCUT2D eigenvalue weighted by Crippen LogP contribution is 2.15. The van der Waals surface area contributed by atoms with Gasteiger partial charge in [-0.05, 0) is 25.8 Å². The molecule has 1 heterocycles. The number of carbonyl (C=O) groups excluding carboxylic acids is 2. The average Bonchev–Trinajstić information content (AvgIpc) is 3.11. The summed E-state index contributed by atoms with van der Waals surface area (Å²) in [6.07, 6.45) is 30.6. The maximum Gasteiger partial charge on any atom is 0.219 e. The molecule has 1 atom stereocenters. The third kappa shape index (κ3) is 24.2. The summed E-state index contributed by atoms with van der Waals surface area (Å²) in [7, 11) is 4.39. The fraction of sp³-hybridized carbons (Fsp3) is 0.941. The number of hydrogen-bond acceptors (Lipinski definition) is 3. The zero-order valence-electron chi connectivity index (χ0n) is 27.0. The number of amides is 1. The first kappa shape index (κ1) is 39.5. The minimum Gasteiger partial charge on any atom is -1.00 e. The fourth-order valence-electron chi connectivity index (χ4n) is 5.93. The number of rotatable bonds is 26. The highest BCUT2D eigenvalue weighted by Gasteiger charge is 2.28. The topological polar surface area (TPSA) is 58.2 Å². The van der Waals surface area contributed by atoms with E-state index in [1.165, 1.54) is 116 Å². The molecule has 6 heteroatoms. The van der Waals surface area contributed by atoms with Crippen LogP contribution in [0.3, 0.4) is 0 Å². The molecule has 1 fully saturated rings. The predicted molar refractivity (Wildman–Crippen MR) is 168 cm³/mol. The van der Waals surface area contributed by atoms with E-state index in [2.05, 4.69) is 31.7 Å². The lowest BCUT2D eigenvalue weighted by Crippen LogP contribution is -3.00. The summed E-state index contributed by atoms with van der Waals surface area (Å²) < 4.78 is 0.818. The van der Waals surface area contributed by atoms with Crippen LogP contribution in [0.1, 0.15) is 161 Å². The van der Waals surface area contributed by atoms with Gasteiger partial charge in [-0.15, -0.1) is 0 Å². The third-order valence-corrected chi connectivity index (χ3v) is 8.58. The van der Waals surface area contributed by atoms with Crippen LogP contribution in [0.15, 0.2) is 0 Å². The van der Waals surface area contributed by atoms with Crippen molar-refractivity contribution in [3.8, 4) is 0 Å². The second-order valence-corrected chi connectivity index (χ2v) is 13.1. The molecule has 1 aliphatic heterocycles. The summed E-state index contributed by atoms with van der Waals surface area (Å²) in [6.45, 7) is 5.80. The molecule has 0 spiro atoms. The van der Waals surface area contributed by atoms with E-state index in [0.717, 1.165) is 56.3 Å². The summed E-state index contributed by atoms with van der Waals surface area (Å²) >= 11 is 0. The molecule has 1 saturated heterocycles. The first-order chi connectivity index (χ1) is 18.9. The Morgan fingerprint density at radius 1 is 0.750 bits per heavy atom. The third-order valence-electron chi connectivity index (χ3n) is 8.58. The molecular weight excluding hydrogens is 562 g/mol. The first-order valence-corrected chi connectivity index (χ1v) is 17.3. The van der Waals surface area contributed by atoms with Crippen LogP contribution in [-0.4, -0.2) is 62.5 Å². The van der Waals surface area contributed by atoms with Gasteiger partial charge in [0.25, 0.3) is 0 Å². The summed E-state index contributed by atoms with van der Waals surface area (Å²) in [6, 6.07) is -0.00791. The Bertz CT molecular complexity index is 600. The van der Waals surface area contributed by atoms with Crippen molar-refractivity contribution in [1.29, 1.82) is 0 Å². The number of nitrogens with one attached hydrogen (secondary N) is 2. The normalized spacial score (nSPS) is 16.0. The van der Waals surface area contributed by atoms with Crippen LogP contribution >= 0.6 is 0 Å². The molecule has 1 rings (SSSR count). The van der Waals surface area contributed by atoms with E-state index in [4.69, 9.17) is 0 Å². The van der Waals surface area contributed by atoms with Crippen LogP contribution < -0.4 is 27.6 Å². The lowest BCUT2D eigenvalue weighted by Gasteiger charge is -2.33. The number of Topliss-reactive ketones (excluding diaryl/α,β-unsaturated/α-hetero) is 1. The molecule has 0 aromatic heterocycles. The largest absolute Gasteiger partial charge is 1.00 e. The average molecular weight is 631 g/mol. The summed E-state index contributed by atoms with van der Waals surface area (Å²) in [5, 5.41) is 6.53. The molecule has 40 heavy (non-hydrogen) atoms. The van der Waals surface area contributed by atoms with Crippen molar-refractivity contribution in [3.63, 3.8) is 0 Å². The molecule has 1 amide bonds. The Kier molecular flexibility index (Phi) is 27.1. The fourth-order valence-corrected chi connectivity index (χ4v) is 5.93. The number of nitrogens with zero attached hydrogens (tertiary/aromatic N) is 1. The van der Waals surface area contributed by atoms with Gasteiger partial charge in [-0.1, -0.05) is 122 Å². The van der Waals surface area contributed by atoms with Gasteiger partial charge in [0.1, 0.15) is 12.6 Å². The molecule has 1 aliphatic rings. The van der Waals surface area contributed by atoms with Gasteiger partial charge in [0.15, 0.2) is 5.78 Å². The standard InChI is InChI=1S/C34H67N3O2.BrH/c1-4-5-6-7-8-9-10-11-12-13-14-15-16-17-18-19-20-21-22-27-34(39)36-29-25-30-37(2,3)31-32-33(38)26-23-24-28-35-32;/h32,35H,4-31H2,1-3H3;1H. The van der Waals surface area contributed by atoms with Crippen LogP contribution in [0.4, 0.5) is 0 Å². The van der Waals surface area contributed by atoms with Crippen LogP contribution in [0.25, 0.3) is 0 Å². The first-order valence-electron chi connectivity index (χ1n) is 17.3. The number of likely N-dealkylation sites (N-methyl/N-ethyl adjacent to an activating group) is 1. The Morgan fingerprint density at radius 2 is 1.23 bits per heavy atom. The zero-order valence-corrected chi connectivity index (χ0v) is 28.6. The molecule has 0 bridgehead atoms. The Morgan fingerprint density at radius 3 is 1.73 bits per heavy atom. The van der Waals surface area contributed by atoms with Crippen molar-refractivity contribution < 1.29 is 31.1 Å². The van der Waals surface area contributed by atoms with Gasteiger partial charge in [0, 0.05) is 25.8 Å². The molecule has 0 saturated carbocycles. The quantitative estimate of drug-likeness (QED) is 0.103. The predicted octanol–water partition coefficient (Wildman–Crippen LogP) is 5.11. The molecule has 0 aromatic carbocycles. The van der Waals surface area contributed by atoms with Crippen molar-refractivity contribution in [1.82, 2.24) is 10.6 Å². The number of quaternary nitrogens is 1. The summed E-state index contributed by atoms with van der Waals surface area (Å²) in [5.41, 5.74) is 0. The molecule has 0 aliphatic carbocycles. The summed E-state index contributed by atoms with van der Waals surface area (Å²) in [4.78, 5) is 24.5. The van der Waals surface area contributed by atoms with Gasteiger partial charge in [-0.3, -0.25) is 9.59 Å². The van der Waals surface area contributed by atoms with Crippen LogP contribution in [0.5, 0.6) is 0 Å². The lowest BCUT2D eigenvalue weighted by molar-refractivity contribution is -0.890. The second-order valence-electron chi connectivity index (χ2n) is 13.1. The number of unbranched alkanes of at least 4 members (excludes halogenated alkanes) is 18. The van der Waals surface area contributed by atoms with Crippen LogP contribution in [0.2, 0.25) is 0 Å². The van der Waals surface area contributed by atoms with E-state index < -0.39 is 0 Å². The molecular formula is C34H68BrN3O2. The SMILES string of the molecule is CCCCCCCCCCCCCCCCCCCCCC(=O)NCCC[N+](C)(C)CC1NCCCCC1=O.[Br-]. The van der Waals surface area contributed by atoms with Crippen molar-refractivity contribution >= 4 is 11.7 Å². The van der Waals surface area contributed by atoms with E-state index in [0.29, 0.717) is 18.6 Å². The molecule has 238 valence electrons. The van der Waals surface area contributed by atoms with Crippen LogP contribution in [0, 0.1) is 0 Å². The van der Waals surface area contributed by atoms with Crippen molar-refractivity contribution in [2.75, 3.05) is 40.3 Å². The van der Waals surface area contributed by atoms with E-state index in [9.17, 15) is 9.59 Å². The van der Waals surface area contributed by atoms with E-state index in [1.54, 1.807) is 0 Å². The van der Waals surface area contributed by atoms with E-state index >= 15 is 0 Å². The Hall–Kier alpha value is -0.460. The highest BCUT2D eigenvalue weighted by molar-refractivity contribution is 5.84. The Labute approximate surface area is 260 Å². The maximum atomic E-state index is 12.3. The van der Waals surface area contributed by atoms with Gasteiger partial charge >= 0.3 is 0 Å². The Balaban J connectivity index is 0.0000152. The number of hydrogen-bond donors (Lipinski definition) is 2. The molecule has 5 nitrogen and oxygen atoms in total. The number of ketones is 1. The number of halogens is 1. The smallest absolute Gasteiger partial charge is 0.219 e. The molecule has 0 radical (unpaired) electrons. The highest BCUT2D eigenvalue weighted by atomic mass is 79.9. The maximum absolute atomic E-state index is 12.3. The molecule has 1 unspecified atom stereocenters.